The Morgan fingerprint density at radius 2 is 2.06 bits per heavy atom. The number of nitrogens with zero attached hydrogens (tertiary/aromatic N) is 2. The van der Waals surface area contributed by atoms with Gasteiger partial charge in [-0.15, -0.1) is 0 Å². The predicted octanol–water partition coefficient (Wildman–Crippen LogP) is 3.89. The van der Waals surface area contributed by atoms with Gasteiger partial charge in [0.2, 0.25) is 5.91 Å². The van der Waals surface area contributed by atoms with Gasteiger partial charge in [0.25, 0.3) is 0 Å². The second-order valence-electron chi connectivity index (χ2n) is 8.63. The number of likely N-dealkylation sites (tertiary alicyclic amines) is 1. The molecule has 0 radical (unpaired) electrons. The van der Waals surface area contributed by atoms with Gasteiger partial charge >= 0.3 is 0 Å². The Bertz CT molecular complexity index is 850. The molecule has 2 aliphatic rings. The molecule has 0 bridgehead atoms. The molecule has 2 aromatic rings. The zero-order valence-corrected chi connectivity index (χ0v) is 18.3. The third-order valence-electron chi connectivity index (χ3n) is 6.54. The normalized spacial score (nSPS) is 20.4. The van der Waals surface area contributed by atoms with Gasteiger partial charge < -0.3 is 19.1 Å². The van der Waals surface area contributed by atoms with Crippen molar-refractivity contribution in [3.63, 3.8) is 0 Å². The largest absolute Gasteiger partial charge is 0.497 e. The molecule has 6 nitrogen and oxygen atoms in total. The molecule has 3 heterocycles. The van der Waals surface area contributed by atoms with Crippen molar-refractivity contribution in [1.82, 2.24) is 9.88 Å². The van der Waals surface area contributed by atoms with Crippen molar-refractivity contribution in [3.8, 4) is 11.5 Å². The lowest BCUT2D eigenvalue weighted by molar-refractivity contribution is -0.147. The number of pyridine rings is 1. The maximum atomic E-state index is 12.8. The van der Waals surface area contributed by atoms with Crippen molar-refractivity contribution in [1.29, 1.82) is 0 Å². The number of carbonyl (C=O) groups excluding carboxylic acids is 1. The number of hydrogen-bond donors (Lipinski definition) is 0. The number of benzene rings is 1. The average molecular weight is 425 g/mol. The summed E-state index contributed by atoms with van der Waals surface area (Å²) in [5.74, 6) is 2.40. The second kappa shape index (κ2) is 10.1. The molecule has 2 saturated heterocycles. The molecule has 1 atom stereocenters. The van der Waals surface area contributed by atoms with E-state index in [0.717, 1.165) is 68.9 Å². The molecule has 0 saturated carbocycles. The van der Waals surface area contributed by atoms with Crippen LogP contribution in [0.15, 0.2) is 48.8 Å². The van der Waals surface area contributed by atoms with Crippen molar-refractivity contribution < 1.29 is 19.0 Å². The van der Waals surface area contributed by atoms with Crippen molar-refractivity contribution >= 4 is 5.91 Å². The highest BCUT2D eigenvalue weighted by molar-refractivity contribution is 5.79. The van der Waals surface area contributed by atoms with Crippen molar-refractivity contribution in [2.45, 2.75) is 44.1 Å². The topological polar surface area (TPSA) is 60.9 Å². The van der Waals surface area contributed by atoms with E-state index in [4.69, 9.17) is 14.2 Å². The molecular formula is C25H32N2O4. The summed E-state index contributed by atoms with van der Waals surface area (Å²) in [4.78, 5) is 18.9. The van der Waals surface area contributed by atoms with Crippen molar-refractivity contribution in [2.24, 2.45) is 5.92 Å². The molecule has 1 spiro atoms. The molecule has 1 aromatic heterocycles. The summed E-state index contributed by atoms with van der Waals surface area (Å²) >= 11 is 0. The number of hydrogen-bond acceptors (Lipinski definition) is 5. The van der Waals surface area contributed by atoms with E-state index in [2.05, 4.69) is 4.98 Å². The minimum absolute atomic E-state index is 0.0794. The Labute approximate surface area is 184 Å². The minimum Gasteiger partial charge on any atom is -0.497 e. The Morgan fingerprint density at radius 3 is 2.84 bits per heavy atom. The first-order chi connectivity index (χ1) is 15.2. The van der Waals surface area contributed by atoms with Crippen LogP contribution >= 0.6 is 0 Å². The molecule has 2 aliphatic heterocycles. The fraction of sp³-hybridized carbons (Fsp3) is 0.520. The summed E-state index contributed by atoms with van der Waals surface area (Å²) in [6.45, 7) is 3.04. The number of rotatable bonds is 7. The van der Waals surface area contributed by atoms with E-state index in [0.29, 0.717) is 18.9 Å². The number of methoxy groups -OCH3 is 1. The molecular weight excluding hydrogens is 392 g/mol. The maximum absolute atomic E-state index is 12.8. The van der Waals surface area contributed by atoms with E-state index in [1.807, 2.05) is 41.3 Å². The summed E-state index contributed by atoms with van der Waals surface area (Å²) < 4.78 is 17.4. The Morgan fingerprint density at radius 1 is 1.23 bits per heavy atom. The van der Waals surface area contributed by atoms with Gasteiger partial charge in [-0.2, -0.15) is 0 Å². The van der Waals surface area contributed by atoms with Crippen LogP contribution in [0.4, 0.5) is 0 Å². The smallest absolute Gasteiger partial charge is 0.226 e. The van der Waals surface area contributed by atoms with Gasteiger partial charge in [-0.1, -0.05) is 12.1 Å². The predicted molar refractivity (Wildman–Crippen MR) is 118 cm³/mol. The lowest BCUT2D eigenvalue weighted by Gasteiger charge is -2.46. The van der Waals surface area contributed by atoms with Gasteiger partial charge in [0, 0.05) is 25.9 Å². The average Bonchev–Trinajstić information content (AvgIpc) is 2.80. The van der Waals surface area contributed by atoms with Crippen LogP contribution in [0.3, 0.4) is 0 Å². The Balaban J connectivity index is 1.24. The van der Waals surface area contributed by atoms with Crippen LogP contribution in [0.25, 0.3) is 0 Å². The first kappa shape index (κ1) is 21.6. The molecule has 1 aromatic carbocycles. The van der Waals surface area contributed by atoms with Crippen molar-refractivity contribution in [2.75, 3.05) is 33.4 Å². The van der Waals surface area contributed by atoms with Gasteiger partial charge in [0.05, 0.1) is 31.9 Å². The number of carbonyl (C=O) groups is 1. The summed E-state index contributed by atoms with van der Waals surface area (Å²) in [7, 11) is 1.65. The summed E-state index contributed by atoms with van der Waals surface area (Å²) in [6, 6.07) is 11.6. The summed E-state index contributed by atoms with van der Waals surface area (Å²) in [5.41, 5.74) is 0.913. The van der Waals surface area contributed by atoms with Crippen LogP contribution in [0.1, 0.15) is 37.7 Å². The van der Waals surface area contributed by atoms with Crippen LogP contribution in [0, 0.1) is 5.92 Å². The highest BCUT2D eigenvalue weighted by Crippen LogP contribution is 2.39. The molecule has 4 rings (SSSR count). The van der Waals surface area contributed by atoms with Gasteiger partial charge in [-0.05, 0) is 67.9 Å². The minimum atomic E-state index is -0.0794. The number of piperidine rings is 1. The van der Waals surface area contributed by atoms with E-state index in [1.165, 1.54) is 0 Å². The highest BCUT2D eigenvalue weighted by Gasteiger charge is 2.40. The van der Waals surface area contributed by atoms with Crippen LogP contribution in [-0.2, 0) is 16.0 Å². The maximum Gasteiger partial charge on any atom is 0.226 e. The van der Waals surface area contributed by atoms with Crippen LogP contribution in [-0.4, -0.2) is 54.8 Å². The first-order valence-corrected chi connectivity index (χ1v) is 11.2. The number of aromatic nitrogens is 1. The molecule has 0 aliphatic carbocycles. The van der Waals surface area contributed by atoms with Crippen LogP contribution in [0.5, 0.6) is 11.5 Å². The highest BCUT2D eigenvalue weighted by atomic mass is 16.5. The van der Waals surface area contributed by atoms with Crippen LogP contribution < -0.4 is 9.47 Å². The number of ether oxygens (including phenoxy) is 3. The molecule has 1 unspecified atom stereocenters. The second-order valence-corrected chi connectivity index (χ2v) is 8.63. The lowest BCUT2D eigenvalue weighted by atomic mass is 9.78. The fourth-order valence-electron chi connectivity index (χ4n) is 4.73. The fourth-order valence-corrected chi connectivity index (χ4v) is 4.73. The van der Waals surface area contributed by atoms with Crippen molar-refractivity contribution in [3.05, 3.63) is 54.4 Å². The molecule has 0 N–H and O–H groups in total. The Kier molecular flexibility index (Phi) is 7.07. The first-order valence-electron chi connectivity index (χ1n) is 11.2. The summed E-state index contributed by atoms with van der Waals surface area (Å²) in [6.07, 6.45) is 8.91. The van der Waals surface area contributed by atoms with Gasteiger partial charge in [-0.25, -0.2) is 0 Å². The van der Waals surface area contributed by atoms with E-state index < -0.39 is 0 Å². The molecule has 166 valence electrons. The van der Waals surface area contributed by atoms with E-state index in [-0.39, 0.29) is 11.5 Å². The standard InChI is InChI=1S/C25H32N2O4/c1-29-22-5-2-4-21(16-22)17-24(28)27-12-9-25(10-13-27)18-20(8-15-31-25)7-14-30-23-6-3-11-26-19-23/h2-6,11,16,19-20H,7-10,12-15,17-18H2,1H3. The zero-order chi connectivity index (χ0) is 21.5. The lowest BCUT2D eigenvalue weighted by Crippen LogP contribution is -2.51. The Hall–Kier alpha value is -2.60. The summed E-state index contributed by atoms with van der Waals surface area (Å²) in [5, 5.41) is 0. The number of amides is 1. The van der Waals surface area contributed by atoms with E-state index >= 15 is 0 Å². The van der Waals surface area contributed by atoms with Crippen LogP contribution in [0.2, 0.25) is 0 Å². The molecule has 1 amide bonds. The third kappa shape index (κ3) is 5.76. The monoisotopic (exact) mass is 424 g/mol. The molecule has 6 heteroatoms. The third-order valence-corrected chi connectivity index (χ3v) is 6.54. The quantitative estimate of drug-likeness (QED) is 0.675. The van der Waals surface area contributed by atoms with Gasteiger partial charge in [0.1, 0.15) is 11.5 Å². The molecule has 2 fully saturated rings. The zero-order valence-electron chi connectivity index (χ0n) is 18.3. The van der Waals surface area contributed by atoms with Gasteiger partial charge in [0.15, 0.2) is 0 Å². The molecule has 31 heavy (non-hydrogen) atoms. The SMILES string of the molecule is COc1cccc(CC(=O)N2CCC3(CC2)CC(CCOc2cccnc2)CCO3)c1. The van der Waals surface area contributed by atoms with Gasteiger partial charge in [-0.3, -0.25) is 9.78 Å². The van der Waals surface area contributed by atoms with E-state index in [1.54, 1.807) is 19.5 Å². The van der Waals surface area contributed by atoms with E-state index in [9.17, 15) is 4.79 Å².